The molecule has 0 aliphatic carbocycles. The van der Waals surface area contributed by atoms with E-state index in [0.29, 0.717) is 12.3 Å². The average Bonchev–Trinajstić information content (AvgIpc) is 2.18. The van der Waals surface area contributed by atoms with Crippen LogP contribution in [0.5, 0.6) is 0 Å². The van der Waals surface area contributed by atoms with Crippen molar-refractivity contribution in [1.29, 1.82) is 0 Å². The molecule has 1 fully saturated rings. The summed E-state index contributed by atoms with van der Waals surface area (Å²) in [6.45, 7) is 8.90. The standard InChI is InChI=1S/C9H15NO/c1-7(2)6-10-8(3)4-5-9(10)11/h7H,3-6H2,1-2H3. The van der Waals surface area contributed by atoms with Gasteiger partial charge in [0.05, 0.1) is 0 Å². The smallest absolute Gasteiger partial charge is 0.227 e. The van der Waals surface area contributed by atoms with Crippen LogP contribution in [0.3, 0.4) is 0 Å². The maximum atomic E-state index is 11.2. The third-order valence-corrected chi connectivity index (χ3v) is 1.86. The SMILES string of the molecule is C=C1CCC(=O)N1CC(C)C. The molecule has 1 saturated heterocycles. The van der Waals surface area contributed by atoms with Gasteiger partial charge in [-0.2, -0.15) is 0 Å². The zero-order chi connectivity index (χ0) is 8.43. The molecule has 0 spiro atoms. The maximum absolute atomic E-state index is 11.2. The summed E-state index contributed by atoms with van der Waals surface area (Å²) in [4.78, 5) is 13.0. The van der Waals surface area contributed by atoms with Crippen LogP contribution in [-0.2, 0) is 4.79 Å². The second-order valence-corrected chi connectivity index (χ2v) is 3.46. The average molecular weight is 153 g/mol. The first-order chi connectivity index (χ1) is 5.11. The van der Waals surface area contributed by atoms with Gasteiger partial charge >= 0.3 is 0 Å². The summed E-state index contributed by atoms with van der Waals surface area (Å²) in [6.07, 6.45) is 1.51. The number of carbonyl (C=O) groups is 1. The summed E-state index contributed by atoms with van der Waals surface area (Å²) in [5.41, 5.74) is 0.990. The second-order valence-electron chi connectivity index (χ2n) is 3.46. The molecule has 0 N–H and O–H groups in total. The van der Waals surface area contributed by atoms with E-state index in [1.54, 1.807) is 0 Å². The Morgan fingerprint density at radius 3 is 2.55 bits per heavy atom. The van der Waals surface area contributed by atoms with Crippen LogP contribution < -0.4 is 0 Å². The van der Waals surface area contributed by atoms with Crippen molar-refractivity contribution in [2.75, 3.05) is 6.54 Å². The number of hydrogen-bond donors (Lipinski definition) is 0. The van der Waals surface area contributed by atoms with Crippen molar-refractivity contribution in [2.24, 2.45) is 5.92 Å². The van der Waals surface area contributed by atoms with Gasteiger partial charge in [-0.15, -0.1) is 0 Å². The van der Waals surface area contributed by atoms with Gasteiger partial charge in [-0.25, -0.2) is 0 Å². The summed E-state index contributed by atoms with van der Waals surface area (Å²) < 4.78 is 0. The quantitative estimate of drug-likeness (QED) is 0.592. The van der Waals surface area contributed by atoms with E-state index >= 15 is 0 Å². The van der Waals surface area contributed by atoms with Crippen LogP contribution in [0, 0.1) is 5.92 Å². The first kappa shape index (κ1) is 8.31. The Kier molecular flexibility index (Phi) is 2.32. The molecule has 0 radical (unpaired) electrons. The number of rotatable bonds is 2. The molecule has 1 aliphatic rings. The molecule has 1 aliphatic heterocycles. The van der Waals surface area contributed by atoms with Crippen LogP contribution in [0.1, 0.15) is 26.7 Å². The van der Waals surface area contributed by atoms with Gasteiger partial charge in [0.15, 0.2) is 0 Å². The number of allylic oxidation sites excluding steroid dienone is 1. The molecule has 2 heteroatoms. The van der Waals surface area contributed by atoms with Crippen LogP contribution in [0.25, 0.3) is 0 Å². The molecule has 62 valence electrons. The lowest BCUT2D eigenvalue weighted by Gasteiger charge is -2.19. The van der Waals surface area contributed by atoms with E-state index in [4.69, 9.17) is 0 Å². The van der Waals surface area contributed by atoms with Crippen molar-refractivity contribution in [3.63, 3.8) is 0 Å². The topological polar surface area (TPSA) is 20.3 Å². The fourth-order valence-corrected chi connectivity index (χ4v) is 1.29. The molecule has 0 aromatic rings. The zero-order valence-corrected chi connectivity index (χ0v) is 7.26. The van der Waals surface area contributed by atoms with Crippen molar-refractivity contribution in [1.82, 2.24) is 4.90 Å². The predicted octanol–water partition coefficient (Wildman–Crippen LogP) is 1.78. The lowest BCUT2D eigenvalue weighted by molar-refractivity contribution is -0.127. The molecule has 0 aromatic heterocycles. The van der Waals surface area contributed by atoms with Gasteiger partial charge in [0.25, 0.3) is 0 Å². The Bertz CT molecular complexity index is 168. The molecule has 11 heavy (non-hydrogen) atoms. The molecule has 2 nitrogen and oxygen atoms in total. The van der Waals surface area contributed by atoms with E-state index in [0.717, 1.165) is 18.7 Å². The molecule has 0 aromatic carbocycles. The largest absolute Gasteiger partial charge is 0.317 e. The molecule has 1 amide bonds. The lowest BCUT2D eigenvalue weighted by Crippen LogP contribution is -2.26. The number of hydrogen-bond acceptors (Lipinski definition) is 1. The normalized spacial score (nSPS) is 18.6. The monoisotopic (exact) mass is 153 g/mol. The van der Waals surface area contributed by atoms with Crippen molar-refractivity contribution < 1.29 is 4.79 Å². The van der Waals surface area contributed by atoms with Crippen LogP contribution in [0.15, 0.2) is 12.3 Å². The number of carbonyl (C=O) groups excluding carboxylic acids is 1. The maximum Gasteiger partial charge on any atom is 0.227 e. The summed E-state index contributed by atoms with van der Waals surface area (Å²) in [5.74, 6) is 0.775. The molecule has 0 atom stereocenters. The number of nitrogens with zero attached hydrogens (tertiary/aromatic N) is 1. The van der Waals surface area contributed by atoms with Gasteiger partial charge in [-0.1, -0.05) is 20.4 Å². The van der Waals surface area contributed by atoms with E-state index in [-0.39, 0.29) is 5.91 Å². The fraction of sp³-hybridized carbons (Fsp3) is 0.667. The molecule has 1 rings (SSSR count). The Hall–Kier alpha value is -0.790. The predicted molar refractivity (Wildman–Crippen MR) is 44.9 cm³/mol. The highest BCUT2D eigenvalue weighted by molar-refractivity contribution is 5.81. The van der Waals surface area contributed by atoms with Crippen molar-refractivity contribution in [2.45, 2.75) is 26.7 Å². The van der Waals surface area contributed by atoms with E-state index in [9.17, 15) is 4.79 Å². The summed E-state index contributed by atoms with van der Waals surface area (Å²) in [7, 11) is 0. The molecule has 0 bridgehead atoms. The third-order valence-electron chi connectivity index (χ3n) is 1.86. The van der Waals surface area contributed by atoms with Gasteiger partial charge in [-0.3, -0.25) is 4.79 Å². The van der Waals surface area contributed by atoms with Crippen molar-refractivity contribution >= 4 is 5.91 Å². The Morgan fingerprint density at radius 1 is 1.55 bits per heavy atom. The summed E-state index contributed by atoms with van der Waals surface area (Å²) >= 11 is 0. The Balaban J connectivity index is 2.55. The number of likely N-dealkylation sites (tertiary alicyclic amines) is 1. The van der Waals surface area contributed by atoms with E-state index in [1.807, 2.05) is 4.90 Å². The van der Waals surface area contributed by atoms with Crippen LogP contribution >= 0.6 is 0 Å². The third kappa shape index (κ3) is 1.82. The highest BCUT2D eigenvalue weighted by Crippen LogP contribution is 2.21. The van der Waals surface area contributed by atoms with Gasteiger partial charge in [-0.05, 0) is 12.3 Å². The lowest BCUT2D eigenvalue weighted by atomic mass is 10.2. The minimum atomic E-state index is 0.240. The summed E-state index contributed by atoms with van der Waals surface area (Å²) in [6, 6.07) is 0. The number of amides is 1. The van der Waals surface area contributed by atoms with Gasteiger partial charge in [0.2, 0.25) is 5.91 Å². The van der Waals surface area contributed by atoms with E-state index < -0.39 is 0 Å². The minimum absolute atomic E-state index is 0.240. The molecular weight excluding hydrogens is 138 g/mol. The summed E-state index contributed by atoms with van der Waals surface area (Å²) in [5, 5.41) is 0. The Morgan fingerprint density at radius 2 is 2.18 bits per heavy atom. The van der Waals surface area contributed by atoms with Crippen LogP contribution in [-0.4, -0.2) is 17.4 Å². The zero-order valence-electron chi connectivity index (χ0n) is 7.26. The molecule has 1 heterocycles. The molecule has 0 unspecified atom stereocenters. The Labute approximate surface area is 67.9 Å². The fourth-order valence-electron chi connectivity index (χ4n) is 1.29. The highest BCUT2D eigenvalue weighted by Gasteiger charge is 2.23. The first-order valence-electron chi connectivity index (χ1n) is 4.09. The van der Waals surface area contributed by atoms with Crippen LogP contribution in [0.2, 0.25) is 0 Å². The molecular formula is C9H15NO. The first-order valence-corrected chi connectivity index (χ1v) is 4.09. The van der Waals surface area contributed by atoms with Gasteiger partial charge < -0.3 is 4.90 Å². The second kappa shape index (κ2) is 3.07. The van der Waals surface area contributed by atoms with Gasteiger partial charge in [0, 0.05) is 18.7 Å². The van der Waals surface area contributed by atoms with E-state index in [1.165, 1.54) is 0 Å². The van der Waals surface area contributed by atoms with E-state index in [2.05, 4.69) is 20.4 Å². The van der Waals surface area contributed by atoms with Crippen LogP contribution in [0.4, 0.5) is 0 Å². The van der Waals surface area contributed by atoms with Crippen molar-refractivity contribution in [3.8, 4) is 0 Å². The minimum Gasteiger partial charge on any atom is -0.317 e. The van der Waals surface area contributed by atoms with Gasteiger partial charge in [0.1, 0.15) is 0 Å². The molecule has 0 saturated carbocycles. The highest BCUT2D eigenvalue weighted by atomic mass is 16.2. The van der Waals surface area contributed by atoms with Crippen molar-refractivity contribution in [3.05, 3.63) is 12.3 Å².